The van der Waals surface area contributed by atoms with E-state index in [1.807, 2.05) is 24.3 Å². The van der Waals surface area contributed by atoms with Gasteiger partial charge in [0.2, 0.25) is 11.8 Å². The van der Waals surface area contributed by atoms with Crippen molar-refractivity contribution in [1.82, 2.24) is 0 Å². The number of benzene rings is 2. The summed E-state index contributed by atoms with van der Waals surface area (Å²) in [6.45, 7) is 0.750. The smallest absolute Gasteiger partial charge is 0.316 e. The van der Waals surface area contributed by atoms with Gasteiger partial charge in [-0.05, 0) is 48.4 Å². The fourth-order valence-electron chi connectivity index (χ4n) is 2.86. The van der Waals surface area contributed by atoms with E-state index in [9.17, 15) is 14.4 Å². The van der Waals surface area contributed by atoms with Crippen LogP contribution in [0.25, 0.3) is 6.08 Å². The topological polar surface area (TPSA) is 105 Å². The highest BCUT2D eigenvalue weighted by atomic mass is 16.2. The lowest BCUT2D eigenvalue weighted by Crippen LogP contribution is -2.23. The molecular weight excluding hydrogens is 344 g/mol. The summed E-state index contributed by atoms with van der Waals surface area (Å²) in [5.74, 6) is -0.157. The van der Waals surface area contributed by atoms with Gasteiger partial charge in [0.1, 0.15) is 0 Å². The Kier molecular flexibility index (Phi) is 5.51. The second-order valence-corrected chi connectivity index (χ2v) is 6.13. The number of nitrogens with two attached hydrogens (primary N) is 1. The van der Waals surface area contributed by atoms with Crippen LogP contribution in [-0.2, 0) is 9.59 Å². The van der Waals surface area contributed by atoms with Gasteiger partial charge in [-0.1, -0.05) is 18.2 Å². The molecule has 0 aliphatic carbocycles. The first-order valence-electron chi connectivity index (χ1n) is 8.57. The summed E-state index contributed by atoms with van der Waals surface area (Å²) in [6, 6.07) is 13.5. The van der Waals surface area contributed by atoms with Gasteiger partial charge in [-0.3, -0.25) is 9.59 Å². The van der Waals surface area contributed by atoms with Gasteiger partial charge >= 0.3 is 6.03 Å². The number of nitrogens with zero attached hydrogens (tertiary/aromatic N) is 1. The molecular formula is C20H20N4O3. The van der Waals surface area contributed by atoms with Crippen molar-refractivity contribution in [2.75, 3.05) is 22.1 Å². The highest BCUT2D eigenvalue weighted by Crippen LogP contribution is 2.22. The van der Waals surface area contributed by atoms with Gasteiger partial charge in [0.25, 0.3) is 0 Å². The standard InChI is InChI=1S/C20H20N4O3/c21-20(27)23-16-4-1-3-15(13-16)22-18(25)11-8-14-6-9-17(10-7-14)24-12-2-5-19(24)26/h1,3-4,6-11,13H,2,5,12H2,(H,22,25)(H3,21,23,27)/b11-8+. The van der Waals surface area contributed by atoms with E-state index in [2.05, 4.69) is 10.6 Å². The highest BCUT2D eigenvalue weighted by molar-refractivity contribution is 6.02. The van der Waals surface area contributed by atoms with Crippen LogP contribution in [0.5, 0.6) is 0 Å². The Morgan fingerprint density at radius 2 is 1.74 bits per heavy atom. The molecule has 0 spiro atoms. The van der Waals surface area contributed by atoms with E-state index in [4.69, 9.17) is 5.73 Å². The molecule has 2 aromatic carbocycles. The van der Waals surface area contributed by atoms with Crippen molar-refractivity contribution in [3.63, 3.8) is 0 Å². The van der Waals surface area contributed by atoms with Crippen molar-refractivity contribution in [3.05, 3.63) is 60.2 Å². The number of nitrogens with one attached hydrogen (secondary N) is 2. The molecule has 3 rings (SSSR count). The largest absolute Gasteiger partial charge is 0.351 e. The Balaban J connectivity index is 1.60. The molecule has 0 radical (unpaired) electrons. The van der Waals surface area contributed by atoms with E-state index in [-0.39, 0.29) is 11.8 Å². The summed E-state index contributed by atoms with van der Waals surface area (Å²) in [4.78, 5) is 36.5. The van der Waals surface area contributed by atoms with E-state index in [1.54, 1.807) is 35.2 Å². The van der Waals surface area contributed by atoms with Crippen LogP contribution < -0.4 is 21.3 Å². The number of rotatable bonds is 5. The third-order valence-electron chi connectivity index (χ3n) is 4.10. The normalized spacial score (nSPS) is 13.8. The summed E-state index contributed by atoms with van der Waals surface area (Å²) in [5, 5.41) is 5.17. The van der Waals surface area contributed by atoms with Crippen LogP contribution in [0, 0.1) is 0 Å². The molecule has 1 aliphatic heterocycles. The third-order valence-corrected chi connectivity index (χ3v) is 4.10. The number of primary amides is 1. The Bertz CT molecular complexity index is 890. The lowest BCUT2D eigenvalue weighted by atomic mass is 10.2. The molecule has 0 aromatic heterocycles. The van der Waals surface area contributed by atoms with Crippen molar-refractivity contribution >= 4 is 41.0 Å². The van der Waals surface area contributed by atoms with Crippen LogP contribution in [-0.4, -0.2) is 24.4 Å². The second-order valence-electron chi connectivity index (χ2n) is 6.13. The minimum absolute atomic E-state index is 0.144. The molecule has 0 bridgehead atoms. The molecule has 138 valence electrons. The molecule has 1 saturated heterocycles. The van der Waals surface area contributed by atoms with E-state index in [1.165, 1.54) is 6.08 Å². The maximum absolute atomic E-state index is 12.1. The first-order valence-corrected chi connectivity index (χ1v) is 8.57. The maximum atomic E-state index is 12.1. The first kappa shape index (κ1) is 18.2. The quantitative estimate of drug-likeness (QED) is 0.710. The molecule has 1 heterocycles. The van der Waals surface area contributed by atoms with Crippen LogP contribution in [0.15, 0.2) is 54.6 Å². The van der Waals surface area contributed by atoms with Crippen LogP contribution in [0.3, 0.4) is 0 Å². The summed E-state index contributed by atoms with van der Waals surface area (Å²) < 4.78 is 0. The van der Waals surface area contributed by atoms with E-state index in [0.717, 1.165) is 24.2 Å². The maximum Gasteiger partial charge on any atom is 0.316 e. The predicted molar refractivity (Wildman–Crippen MR) is 105 cm³/mol. The van der Waals surface area contributed by atoms with Gasteiger partial charge in [-0.25, -0.2) is 4.79 Å². The van der Waals surface area contributed by atoms with Crippen molar-refractivity contribution in [2.24, 2.45) is 5.73 Å². The number of hydrogen-bond donors (Lipinski definition) is 3. The zero-order valence-corrected chi connectivity index (χ0v) is 14.6. The van der Waals surface area contributed by atoms with Gasteiger partial charge in [-0.15, -0.1) is 0 Å². The predicted octanol–water partition coefficient (Wildman–Crippen LogP) is 2.96. The van der Waals surface area contributed by atoms with Gasteiger partial charge in [0, 0.05) is 36.1 Å². The van der Waals surface area contributed by atoms with Crippen molar-refractivity contribution in [2.45, 2.75) is 12.8 Å². The Hall–Kier alpha value is -3.61. The molecule has 7 nitrogen and oxygen atoms in total. The Morgan fingerprint density at radius 3 is 2.37 bits per heavy atom. The molecule has 0 atom stereocenters. The number of urea groups is 1. The van der Waals surface area contributed by atoms with Crippen molar-refractivity contribution < 1.29 is 14.4 Å². The molecule has 0 saturated carbocycles. The number of carbonyl (C=O) groups excluding carboxylic acids is 3. The average molecular weight is 364 g/mol. The average Bonchev–Trinajstić information content (AvgIpc) is 3.06. The highest BCUT2D eigenvalue weighted by Gasteiger charge is 2.21. The van der Waals surface area contributed by atoms with Crippen LogP contribution in [0.2, 0.25) is 0 Å². The van der Waals surface area contributed by atoms with E-state index < -0.39 is 6.03 Å². The molecule has 7 heteroatoms. The van der Waals surface area contributed by atoms with Gasteiger partial charge < -0.3 is 21.3 Å². The van der Waals surface area contributed by atoms with E-state index >= 15 is 0 Å². The van der Waals surface area contributed by atoms with Crippen LogP contribution >= 0.6 is 0 Å². The first-order chi connectivity index (χ1) is 13.0. The fourth-order valence-corrected chi connectivity index (χ4v) is 2.86. The summed E-state index contributed by atoms with van der Waals surface area (Å²) in [6.07, 6.45) is 4.59. The minimum Gasteiger partial charge on any atom is -0.351 e. The van der Waals surface area contributed by atoms with Gasteiger partial charge in [0.15, 0.2) is 0 Å². The lowest BCUT2D eigenvalue weighted by Gasteiger charge is -2.15. The van der Waals surface area contributed by atoms with Crippen LogP contribution in [0.1, 0.15) is 18.4 Å². The van der Waals surface area contributed by atoms with Crippen molar-refractivity contribution in [3.8, 4) is 0 Å². The summed E-state index contributed by atoms with van der Waals surface area (Å²) >= 11 is 0. The summed E-state index contributed by atoms with van der Waals surface area (Å²) in [7, 11) is 0. The molecule has 1 aliphatic rings. The Morgan fingerprint density at radius 1 is 1.04 bits per heavy atom. The zero-order chi connectivity index (χ0) is 19.2. The molecule has 0 unspecified atom stereocenters. The molecule has 1 fully saturated rings. The van der Waals surface area contributed by atoms with Crippen LogP contribution in [0.4, 0.5) is 21.9 Å². The number of carbonyl (C=O) groups is 3. The zero-order valence-electron chi connectivity index (χ0n) is 14.6. The summed E-state index contributed by atoms with van der Waals surface area (Å²) in [5.41, 5.74) is 7.84. The SMILES string of the molecule is NC(=O)Nc1cccc(NC(=O)/C=C/c2ccc(N3CCCC3=O)cc2)c1. The molecule has 4 N–H and O–H groups in total. The fraction of sp³-hybridized carbons (Fsp3) is 0.150. The van der Waals surface area contributed by atoms with Crippen molar-refractivity contribution in [1.29, 1.82) is 0 Å². The van der Waals surface area contributed by atoms with Gasteiger partial charge in [0.05, 0.1) is 0 Å². The number of anilines is 3. The van der Waals surface area contributed by atoms with Gasteiger partial charge in [-0.2, -0.15) is 0 Å². The Labute approximate surface area is 156 Å². The monoisotopic (exact) mass is 364 g/mol. The third kappa shape index (κ3) is 4.94. The minimum atomic E-state index is -0.669. The molecule has 4 amide bonds. The molecule has 2 aromatic rings. The van der Waals surface area contributed by atoms with E-state index in [0.29, 0.717) is 17.8 Å². The number of amides is 4. The lowest BCUT2D eigenvalue weighted by molar-refractivity contribution is -0.117. The second kappa shape index (κ2) is 8.18. The molecule has 27 heavy (non-hydrogen) atoms. The number of hydrogen-bond acceptors (Lipinski definition) is 3.